The Kier molecular flexibility index (Phi) is 3.49. The van der Waals surface area contributed by atoms with Gasteiger partial charge in [0.2, 0.25) is 0 Å². The van der Waals surface area contributed by atoms with E-state index in [-0.39, 0.29) is 0 Å². The van der Waals surface area contributed by atoms with E-state index in [4.69, 9.17) is 0 Å². The van der Waals surface area contributed by atoms with Crippen molar-refractivity contribution < 1.29 is 9.90 Å². The molecule has 2 aromatic rings. The number of carboxylic acid groups (broad SMARTS) is 1. The molecular formula is C16H19N3O2. The molecule has 0 bridgehead atoms. The van der Waals surface area contributed by atoms with Crippen molar-refractivity contribution >= 4 is 5.97 Å². The highest BCUT2D eigenvalue weighted by Crippen LogP contribution is 2.39. The number of carboxylic acids is 1. The standard InChI is InChI=1S/C16H19N3O2/c1-12-11-17-19(18-12)14-7-5-13(6-8-14)16(15(20)21)9-3-2-4-10-16/h5-8,11H,2-4,9-10H2,1H3,(H,20,21). The van der Waals surface area contributed by atoms with Gasteiger partial charge in [-0.2, -0.15) is 15.0 Å². The topological polar surface area (TPSA) is 68.0 Å². The molecule has 5 nitrogen and oxygen atoms in total. The minimum atomic E-state index is -0.718. The van der Waals surface area contributed by atoms with Crippen LogP contribution in [0.5, 0.6) is 0 Å². The number of hydrogen-bond acceptors (Lipinski definition) is 3. The van der Waals surface area contributed by atoms with Crippen LogP contribution in [0.1, 0.15) is 43.4 Å². The Hall–Kier alpha value is -2.17. The molecule has 0 radical (unpaired) electrons. The van der Waals surface area contributed by atoms with Crippen molar-refractivity contribution in [3.63, 3.8) is 0 Å². The summed E-state index contributed by atoms with van der Waals surface area (Å²) < 4.78 is 0. The van der Waals surface area contributed by atoms with Gasteiger partial charge in [0.25, 0.3) is 0 Å². The molecule has 3 rings (SSSR count). The Morgan fingerprint density at radius 3 is 2.38 bits per heavy atom. The van der Waals surface area contributed by atoms with E-state index in [0.717, 1.165) is 49.0 Å². The molecule has 1 heterocycles. The molecule has 0 saturated heterocycles. The van der Waals surface area contributed by atoms with E-state index >= 15 is 0 Å². The fraction of sp³-hybridized carbons (Fsp3) is 0.438. The highest BCUT2D eigenvalue weighted by Gasteiger charge is 2.41. The second kappa shape index (κ2) is 5.31. The zero-order valence-electron chi connectivity index (χ0n) is 12.1. The summed E-state index contributed by atoms with van der Waals surface area (Å²) in [5.74, 6) is -0.706. The van der Waals surface area contributed by atoms with E-state index in [1.807, 2.05) is 31.2 Å². The third-order valence-corrected chi connectivity index (χ3v) is 4.37. The lowest BCUT2D eigenvalue weighted by atomic mass is 9.69. The summed E-state index contributed by atoms with van der Waals surface area (Å²) in [6.45, 7) is 1.89. The molecule has 1 N–H and O–H groups in total. The van der Waals surface area contributed by atoms with Crippen molar-refractivity contribution in [3.05, 3.63) is 41.7 Å². The number of aromatic nitrogens is 3. The smallest absolute Gasteiger partial charge is 0.314 e. The van der Waals surface area contributed by atoms with Crippen LogP contribution in [0.3, 0.4) is 0 Å². The fourth-order valence-electron chi connectivity index (χ4n) is 3.16. The highest BCUT2D eigenvalue weighted by atomic mass is 16.4. The Morgan fingerprint density at radius 2 is 1.86 bits per heavy atom. The van der Waals surface area contributed by atoms with Gasteiger partial charge in [0.05, 0.1) is 23.0 Å². The number of hydrogen-bond donors (Lipinski definition) is 1. The molecular weight excluding hydrogens is 266 g/mol. The number of benzene rings is 1. The number of rotatable bonds is 3. The first-order valence-corrected chi connectivity index (χ1v) is 7.35. The molecule has 1 aliphatic rings. The first kappa shape index (κ1) is 13.8. The lowest BCUT2D eigenvalue weighted by Crippen LogP contribution is -2.37. The summed E-state index contributed by atoms with van der Waals surface area (Å²) in [5.41, 5.74) is 1.88. The number of carbonyl (C=O) groups is 1. The molecule has 110 valence electrons. The Morgan fingerprint density at radius 1 is 1.19 bits per heavy atom. The molecule has 1 fully saturated rings. The van der Waals surface area contributed by atoms with Crippen molar-refractivity contribution in [1.29, 1.82) is 0 Å². The van der Waals surface area contributed by atoms with E-state index in [1.54, 1.807) is 11.0 Å². The maximum absolute atomic E-state index is 11.8. The summed E-state index contributed by atoms with van der Waals surface area (Å²) in [6, 6.07) is 7.61. The Bertz CT molecular complexity index is 640. The van der Waals surface area contributed by atoms with Gasteiger partial charge in [-0.25, -0.2) is 0 Å². The van der Waals surface area contributed by atoms with Gasteiger partial charge in [0.1, 0.15) is 0 Å². The van der Waals surface area contributed by atoms with Crippen LogP contribution in [0.4, 0.5) is 0 Å². The summed E-state index contributed by atoms with van der Waals surface area (Å²) >= 11 is 0. The van der Waals surface area contributed by atoms with Gasteiger partial charge in [0.15, 0.2) is 0 Å². The van der Waals surface area contributed by atoms with E-state index < -0.39 is 11.4 Å². The lowest BCUT2D eigenvalue weighted by Gasteiger charge is -2.33. The monoisotopic (exact) mass is 285 g/mol. The zero-order chi connectivity index (χ0) is 14.9. The van der Waals surface area contributed by atoms with Crippen molar-refractivity contribution in [1.82, 2.24) is 15.0 Å². The summed E-state index contributed by atoms with van der Waals surface area (Å²) in [7, 11) is 0. The molecule has 1 aromatic carbocycles. The first-order valence-electron chi connectivity index (χ1n) is 7.35. The van der Waals surface area contributed by atoms with E-state index in [0.29, 0.717) is 0 Å². The highest BCUT2D eigenvalue weighted by molar-refractivity contribution is 5.81. The number of nitrogens with zero attached hydrogens (tertiary/aromatic N) is 3. The quantitative estimate of drug-likeness (QED) is 0.941. The molecule has 0 spiro atoms. The van der Waals surface area contributed by atoms with Gasteiger partial charge in [-0.3, -0.25) is 4.79 Å². The minimum Gasteiger partial charge on any atom is -0.481 e. The average molecular weight is 285 g/mol. The van der Waals surface area contributed by atoms with Crippen LogP contribution in [0, 0.1) is 6.92 Å². The summed E-state index contributed by atoms with van der Waals surface area (Å²) in [4.78, 5) is 13.4. The summed E-state index contributed by atoms with van der Waals surface area (Å²) in [6.07, 6.45) is 6.24. The summed E-state index contributed by atoms with van der Waals surface area (Å²) in [5, 5.41) is 18.1. The van der Waals surface area contributed by atoms with Gasteiger partial charge >= 0.3 is 5.97 Å². The Balaban J connectivity index is 1.93. The number of aliphatic carboxylic acids is 1. The van der Waals surface area contributed by atoms with Gasteiger partial charge in [-0.1, -0.05) is 31.4 Å². The molecule has 1 aliphatic carbocycles. The average Bonchev–Trinajstić information content (AvgIpc) is 2.94. The van der Waals surface area contributed by atoms with Gasteiger partial charge in [0, 0.05) is 0 Å². The van der Waals surface area contributed by atoms with E-state index in [9.17, 15) is 9.90 Å². The van der Waals surface area contributed by atoms with Crippen molar-refractivity contribution in [2.45, 2.75) is 44.4 Å². The molecule has 1 saturated carbocycles. The van der Waals surface area contributed by atoms with E-state index in [2.05, 4.69) is 10.2 Å². The molecule has 0 unspecified atom stereocenters. The second-order valence-electron chi connectivity index (χ2n) is 5.77. The maximum atomic E-state index is 11.8. The maximum Gasteiger partial charge on any atom is 0.314 e. The van der Waals surface area contributed by atoms with Crippen LogP contribution in [-0.4, -0.2) is 26.1 Å². The predicted octanol–water partition coefficient (Wildman–Crippen LogP) is 2.86. The number of aryl methyl sites for hydroxylation is 1. The van der Waals surface area contributed by atoms with Crippen molar-refractivity contribution in [2.24, 2.45) is 0 Å². The predicted molar refractivity (Wildman–Crippen MR) is 78.5 cm³/mol. The molecule has 0 amide bonds. The lowest BCUT2D eigenvalue weighted by molar-refractivity contribution is -0.145. The largest absolute Gasteiger partial charge is 0.481 e. The van der Waals surface area contributed by atoms with Crippen LogP contribution in [0.2, 0.25) is 0 Å². The SMILES string of the molecule is Cc1cnn(-c2ccc(C3(C(=O)O)CCCCC3)cc2)n1. The third-order valence-electron chi connectivity index (χ3n) is 4.37. The molecule has 0 atom stereocenters. The minimum absolute atomic E-state index is 0.706. The second-order valence-corrected chi connectivity index (χ2v) is 5.77. The van der Waals surface area contributed by atoms with Gasteiger partial charge < -0.3 is 5.11 Å². The molecule has 0 aliphatic heterocycles. The third kappa shape index (κ3) is 2.44. The Labute approximate surface area is 123 Å². The van der Waals surface area contributed by atoms with Crippen LogP contribution in [-0.2, 0) is 10.2 Å². The molecule has 1 aromatic heterocycles. The van der Waals surface area contributed by atoms with Crippen LogP contribution < -0.4 is 0 Å². The fourth-order valence-corrected chi connectivity index (χ4v) is 3.16. The van der Waals surface area contributed by atoms with Crippen LogP contribution >= 0.6 is 0 Å². The normalized spacial score (nSPS) is 17.6. The molecule has 21 heavy (non-hydrogen) atoms. The molecule has 5 heteroatoms. The van der Waals surface area contributed by atoms with Gasteiger partial charge in [-0.15, -0.1) is 0 Å². The van der Waals surface area contributed by atoms with Crippen molar-refractivity contribution in [2.75, 3.05) is 0 Å². The first-order chi connectivity index (χ1) is 10.1. The zero-order valence-corrected chi connectivity index (χ0v) is 12.1. The van der Waals surface area contributed by atoms with Crippen molar-refractivity contribution in [3.8, 4) is 5.69 Å². The van der Waals surface area contributed by atoms with Crippen LogP contribution in [0.25, 0.3) is 5.69 Å². The van der Waals surface area contributed by atoms with E-state index in [1.165, 1.54) is 0 Å². The van der Waals surface area contributed by atoms with Gasteiger partial charge in [-0.05, 0) is 37.5 Å². The van der Waals surface area contributed by atoms with Crippen LogP contribution in [0.15, 0.2) is 30.5 Å².